The summed E-state index contributed by atoms with van der Waals surface area (Å²) in [6.45, 7) is 0.682. The van der Waals surface area contributed by atoms with E-state index in [1.165, 1.54) is 18.5 Å². The average molecular weight is 193 g/mol. The van der Waals surface area contributed by atoms with E-state index in [1.807, 2.05) is 12.1 Å². The molecule has 0 aromatic heterocycles. The fraction of sp³-hybridized carbons (Fsp3) is 0.364. The largest absolute Gasteiger partial charge is 0.481 e. The molecule has 1 aliphatic rings. The minimum atomic E-state index is -0.184. The van der Waals surface area contributed by atoms with Gasteiger partial charge in [-0.05, 0) is 30.5 Å². The molecule has 1 aromatic carbocycles. The molecule has 0 amide bonds. The number of ether oxygens (including phenoxy) is 1. The molecule has 1 unspecified atom stereocenters. The van der Waals surface area contributed by atoms with E-state index in [9.17, 15) is 4.39 Å². The van der Waals surface area contributed by atoms with Crippen molar-refractivity contribution in [1.29, 1.82) is 0 Å². The standard InChI is InChI=1S/C11H12FNO/c12-10-4-1-9(2-5-10)3-6-11-7-14-8-13-11/h1-2,4-5,8,11H,3,6-7H2. The number of aliphatic imine (C=N–C) groups is 1. The van der Waals surface area contributed by atoms with Crippen molar-refractivity contribution in [2.75, 3.05) is 6.61 Å². The van der Waals surface area contributed by atoms with Gasteiger partial charge < -0.3 is 4.74 Å². The smallest absolute Gasteiger partial charge is 0.169 e. The SMILES string of the molecule is Fc1ccc(CCC2COC=N2)cc1. The summed E-state index contributed by atoms with van der Waals surface area (Å²) in [5.41, 5.74) is 1.15. The fourth-order valence-electron chi connectivity index (χ4n) is 1.47. The van der Waals surface area contributed by atoms with Gasteiger partial charge in [0.15, 0.2) is 6.40 Å². The zero-order valence-electron chi connectivity index (χ0n) is 7.82. The monoisotopic (exact) mass is 193 g/mol. The number of halogens is 1. The second-order valence-electron chi connectivity index (χ2n) is 3.41. The molecule has 0 bridgehead atoms. The summed E-state index contributed by atoms with van der Waals surface area (Å²) >= 11 is 0. The summed E-state index contributed by atoms with van der Waals surface area (Å²) in [4.78, 5) is 4.15. The van der Waals surface area contributed by atoms with Gasteiger partial charge in [-0.1, -0.05) is 12.1 Å². The second kappa shape index (κ2) is 4.22. The molecule has 1 heterocycles. The van der Waals surface area contributed by atoms with E-state index in [4.69, 9.17) is 4.74 Å². The molecular formula is C11H12FNO. The van der Waals surface area contributed by atoms with Gasteiger partial charge in [0, 0.05) is 0 Å². The van der Waals surface area contributed by atoms with Gasteiger partial charge in [0.25, 0.3) is 0 Å². The summed E-state index contributed by atoms with van der Waals surface area (Å²) in [7, 11) is 0. The Kier molecular flexibility index (Phi) is 2.77. The lowest BCUT2D eigenvalue weighted by Crippen LogP contribution is -2.07. The number of hydrogen-bond acceptors (Lipinski definition) is 2. The number of aryl methyl sites for hydroxylation is 1. The highest BCUT2D eigenvalue weighted by molar-refractivity contribution is 5.48. The van der Waals surface area contributed by atoms with Crippen LogP contribution in [0, 0.1) is 5.82 Å². The van der Waals surface area contributed by atoms with Crippen LogP contribution in [0.25, 0.3) is 0 Å². The molecule has 1 aliphatic heterocycles. The molecule has 0 fully saturated rings. The Morgan fingerprint density at radius 2 is 2.14 bits per heavy atom. The van der Waals surface area contributed by atoms with E-state index in [1.54, 1.807) is 0 Å². The van der Waals surface area contributed by atoms with Crippen molar-refractivity contribution in [3.63, 3.8) is 0 Å². The Morgan fingerprint density at radius 3 is 2.79 bits per heavy atom. The first-order chi connectivity index (χ1) is 6.84. The van der Waals surface area contributed by atoms with Crippen LogP contribution in [0.2, 0.25) is 0 Å². The number of benzene rings is 1. The number of nitrogens with zero attached hydrogens (tertiary/aromatic N) is 1. The summed E-state index contributed by atoms with van der Waals surface area (Å²) in [5, 5.41) is 0. The van der Waals surface area contributed by atoms with Crippen LogP contribution in [-0.4, -0.2) is 19.0 Å². The maximum Gasteiger partial charge on any atom is 0.169 e. The van der Waals surface area contributed by atoms with Gasteiger partial charge in [0.05, 0.1) is 6.04 Å². The highest BCUT2D eigenvalue weighted by atomic mass is 19.1. The Balaban J connectivity index is 1.85. The molecule has 2 nitrogen and oxygen atoms in total. The van der Waals surface area contributed by atoms with Crippen molar-refractivity contribution in [3.05, 3.63) is 35.6 Å². The average Bonchev–Trinajstić information content (AvgIpc) is 2.70. The number of hydrogen-bond donors (Lipinski definition) is 0. The minimum absolute atomic E-state index is 0.184. The molecule has 0 saturated heterocycles. The predicted octanol–water partition coefficient (Wildman–Crippen LogP) is 2.19. The van der Waals surface area contributed by atoms with Crippen LogP contribution in [0.15, 0.2) is 29.3 Å². The lowest BCUT2D eigenvalue weighted by Gasteiger charge is -2.04. The van der Waals surface area contributed by atoms with E-state index >= 15 is 0 Å². The minimum Gasteiger partial charge on any atom is -0.481 e. The van der Waals surface area contributed by atoms with Gasteiger partial charge in [-0.15, -0.1) is 0 Å². The van der Waals surface area contributed by atoms with Crippen molar-refractivity contribution >= 4 is 6.40 Å². The third kappa shape index (κ3) is 2.31. The molecular weight excluding hydrogens is 181 g/mol. The quantitative estimate of drug-likeness (QED) is 0.721. The molecule has 2 rings (SSSR count). The van der Waals surface area contributed by atoms with Crippen LogP contribution < -0.4 is 0 Å². The predicted molar refractivity (Wildman–Crippen MR) is 53.0 cm³/mol. The molecule has 1 atom stereocenters. The lowest BCUT2D eigenvalue weighted by atomic mass is 10.1. The molecule has 0 spiro atoms. The van der Waals surface area contributed by atoms with Crippen molar-refractivity contribution in [2.24, 2.45) is 4.99 Å². The highest BCUT2D eigenvalue weighted by Crippen LogP contribution is 2.10. The van der Waals surface area contributed by atoms with Crippen LogP contribution in [0.3, 0.4) is 0 Å². The van der Waals surface area contributed by atoms with E-state index in [-0.39, 0.29) is 11.9 Å². The summed E-state index contributed by atoms with van der Waals surface area (Å²) in [5.74, 6) is -0.184. The fourth-order valence-corrected chi connectivity index (χ4v) is 1.47. The molecule has 0 radical (unpaired) electrons. The van der Waals surface area contributed by atoms with E-state index < -0.39 is 0 Å². The summed E-state index contributed by atoms with van der Waals surface area (Å²) in [6, 6.07) is 6.89. The van der Waals surface area contributed by atoms with Gasteiger partial charge in [-0.3, -0.25) is 4.99 Å². The topological polar surface area (TPSA) is 21.6 Å². The first-order valence-corrected chi connectivity index (χ1v) is 4.72. The maximum absolute atomic E-state index is 12.6. The second-order valence-corrected chi connectivity index (χ2v) is 3.41. The molecule has 1 aromatic rings. The Labute approximate surface area is 82.4 Å². The van der Waals surface area contributed by atoms with Crippen LogP contribution in [0.4, 0.5) is 4.39 Å². The lowest BCUT2D eigenvalue weighted by molar-refractivity contribution is 0.322. The van der Waals surface area contributed by atoms with Crippen molar-refractivity contribution in [2.45, 2.75) is 18.9 Å². The van der Waals surface area contributed by atoms with Gasteiger partial charge >= 0.3 is 0 Å². The van der Waals surface area contributed by atoms with Crippen molar-refractivity contribution in [1.82, 2.24) is 0 Å². The first kappa shape index (κ1) is 9.19. The van der Waals surface area contributed by atoms with E-state index in [2.05, 4.69) is 4.99 Å². The summed E-state index contributed by atoms with van der Waals surface area (Å²) < 4.78 is 17.6. The third-order valence-corrected chi connectivity index (χ3v) is 2.31. The zero-order valence-corrected chi connectivity index (χ0v) is 7.82. The van der Waals surface area contributed by atoms with Gasteiger partial charge in [-0.2, -0.15) is 0 Å². The molecule has 0 aliphatic carbocycles. The van der Waals surface area contributed by atoms with E-state index in [0.29, 0.717) is 6.61 Å². The molecule has 3 heteroatoms. The van der Waals surface area contributed by atoms with Gasteiger partial charge in [0.2, 0.25) is 0 Å². The third-order valence-electron chi connectivity index (χ3n) is 2.31. The van der Waals surface area contributed by atoms with Crippen molar-refractivity contribution < 1.29 is 9.13 Å². The Morgan fingerprint density at radius 1 is 1.36 bits per heavy atom. The zero-order chi connectivity index (χ0) is 9.80. The Hall–Kier alpha value is -1.38. The molecule has 14 heavy (non-hydrogen) atoms. The Bertz CT molecular complexity index is 321. The first-order valence-electron chi connectivity index (χ1n) is 4.72. The molecule has 0 saturated carbocycles. The normalized spacial score (nSPS) is 19.6. The van der Waals surface area contributed by atoms with Crippen LogP contribution >= 0.6 is 0 Å². The van der Waals surface area contributed by atoms with Crippen LogP contribution in [-0.2, 0) is 11.2 Å². The van der Waals surface area contributed by atoms with Gasteiger partial charge in [-0.25, -0.2) is 4.39 Å². The van der Waals surface area contributed by atoms with Crippen LogP contribution in [0.5, 0.6) is 0 Å². The van der Waals surface area contributed by atoms with Crippen LogP contribution in [0.1, 0.15) is 12.0 Å². The molecule has 74 valence electrons. The summed E-state index contributed by atoms with van der Waals surface area (Å²) in [6.07, 6.45) is 3.39. The highest BCUT2D eigenvalue weighted by Gasteiger charge is 2.10. The number of rotatable bonds is 3. The van der Waals surface area contributed by atoms with Crippen molar-refractivity contribution in [3.8, 4) is 0 Å². The van der Waals surface area contributed by atoms with E-state index in [0.717, 1.165) is 18.4 Å². The molecule has 0 N–H and O–H groups in total. The maximum atomic E-state index is 12.6. The van der Waals surface area contributed by atoms with Gasteiger partial charge in [0.1, 0.15) is 12.4 Å².